The molecule has 2 N–H and O–H groups in total. The van der Waals surface area contributed by atoms with E-state index in [-0.39, 0.29) is 11.4 Å². The standard InChI is InChI=1S/C14H23NOS/c1-10(16)11(2)17-12(3)14(15-4)13-8-6-5-7-9-13/h5-12,14-16H,1-4H3. The van der Waals surface area contributed by atoms with Crippen LogP contribution in [-0.2, 0) is 0 Å². The highest BCUT2D eigenvalue weighted by atomic mass is 32.2. The van der Waals surface area contributed by atoms with Gasteiger partial charge in [-0.05, 0) is 19.5 Å². The van der Waals surface area contributed by atoms with Crippen molar-refractivity contribution in [2.45, 2.75) is 43.4 Å². The van der Waals surface area contributed by atoms with E-state index in [0.29, 0.717) is 11.3 Å². The Labute approximate surface area is 109 Å². The molecule has 0 heterocycles. The summed E-state index contributed by atoms with van der Waals surface area (Å²) in [6.07, 6.45) is -0.268. The van der Waals surface area contributed by atoms with E-state index in [9.17, 15) is 5.11 Å². The maximum Gasteiger partial charge on any atom is 0.0628 e. The van der Waals surface area contributed by atoms with Gasteiger partial charge >= 0.3 is 0 Å². The smallest absolute Gasteiger partial charge is 0.0628 e. The van der Waals surface area contributed by atoms with Crippen molar-refractivity contribution < 1.29 is 5.11 Å². The molecule has 1 rings (SSSR count). The summed E-state index contributed by atoms with van der Waals surface area (Å²) >= 11 is 1.82. The first kappa shape index (κ1) is 14.6. The third-order valence-electron chi connectivity index (χ3n) is 3.05. The van der Waals surface area contributed by atoms with Gasteiger partial charge < -0.3 is 10.4 Å². The molecule has 4 atom stereocenters. The van der Waals surface area contributed by atoms with Crippen LogP contribution in [-0.4, -0.2) is 28.8 Å². The molecular formula is C14H23NOS. The van der Waals surface area contributed by atoms with Gasteiger partial charge in [0.15, 0.2) is 0 Å². The van der Waals surface area contributed by atoms with Gasteiger partial charge in [0.2, 0.25) is 0 Å². The quantitative estimate of drug-likeness (QED) is 0.817. The highest BCUT2D eigenvalue weighted by molar-refractivity contribution is 8.00. The topological polar surface area (TPSA) is 32.3 Å². The molecule has 0 saturated heterocycles. The Morgan fingerprint density at radius 3 is 2.12 bits per heavy atom. The Balaban J connectivity index is 2.68. The van der Waals surface area contributed by atoms with Crippen LogP contribution in [0.1, 0.15) is 32.4 Å². The molecule has 0 aliphatic heterocycles. The lowest BCUT2D eigenvalue weighted by atomic mass is 10.0. The van der Waals surface area contributed by atoms with Crippen LogP contribution in [0.3, 0.4) is 0 Å². The van der Waals surface area contributed by atoms with Gasteiger partial charge in [0.25, 0.3) is 0 Å². The summed E-state index contributed by atoms with van der Waals surface area (Å²) in [5.41, 5.74) is 1.30. The molecule has 0 saturated carbocycles. The minimum Gasteiger partial charge on any atom is -0.392 e. The van der Waals surface area contributed by atoms with Crippen LogP contribution < -0.4 is 5.32 Å². The Kier molecular flexibility index (Phi) is 6.03. The molecular weight excluding hydrogens is 230 g/mol. The number of hydrogen-bond acceptors (Lipinski definition) is 3. The molecule has 4 unspecified atom stereocenters. The molecule has 0 aliphatic rings. The van der Waals surface area contributed by atoms with Crippen molar-refractivity contribution >= 4 is 11.8 Å². The molecule has 3 heteroatoms. The molecule has 1 aromatic rings. The summed E-state index contributed by atoms with van der Waals surface area (Å²) in [4.78, 5) is 0. The van der Waals surface area contributed by atoms with Gasteiger partial charge in [-0.15, -0.1) is 0 Å². The fraction of sp³-hybridized carbons (Fsp3) is 0.571. The van der Waals surface area contributed by atoms with Gasteiger partial charge in [-0.25, -0.2) is 0 Å². The van der Waals surface area contributed by atoms with Gasteiger partial charge in [0.05, 0.1) is 6.10 Å². The molecule has 0 spiro atoms. The number of aliphatic hydroxyl groups excluding tert-OH is 1. The molecule has 0 fully saturated rings. The van der Waals surface area contributed by atoms with Crippen LogP contribution in [0.25, 0.3) is 0 Å². The number of hydrogen-bond donors (Lipinski definition) is 2. The zero-order valence-corrected chi connectivity index (χ0v) is 11.9. The van der Waals surface area contributed by atoms with E-state index in [0.717, 1.165) is 0 Å². The first-order valence-electron chi connectivity index (χ1n) is 6.12. The molecule has 0 bridgehead atoms. The van der Waals surface area contributed by atoms with Crippen molar-refractivity contribution in [2.24, 2.45) is 0 Å². The molecule has 96 valence electrons. The average molecular weight is 253 g/mol. The van der Waals surface area contributed by atoms with Crippen LogP contribution in [0, 0.1) is 0 Å². The van der Waals surface area contributed by atoms with Crippen molar-refractivity contribution in [1.82, 2.24) is 5.32 Å². The maximum atomic E-state index is 9.55. The van der Waals surface area contributed by atoms with E-state index in [1.165, 1.54) is 5.56 Å². The third-order valence-corrected chi connectivity index (χ3v) is 4.57. The summed E-state index contributed by atoms with van der Waals surface area (Å²) in [5.74, 6) is 0. The second-order valence-electron chi connectivity index (χ2n) is 4.46. The molecule has 2 nitrogen and oxygen atoms in total. The fourth-order valence-corrected chi connectivity index (χ4v) is 3.22. The summed E-state index contributed by atoms with van der Waals surface area (Å²) in [6, 6.07) is 10.8. The Morgan fingerprint density at radius 1 is 1.06 bits per heavy atom. The summed E-state index contributed by atoms with van der Waals surface area (Å²) in [6.45, 7) is 6.13. The van der Waals surface area contributed by atoms with E-state index >= 15 is 0 Å². The van der Waals surface area contributed by atoms with Crippen LogP contribution in [0.2, 0.25) is 0 Å². The number of benzene rings is 1. The Bertz CT molecular complexity index is 315. The molecule has 0 radical (unpaired) electrons. The summed E-state index contributed by atoms with van der Waals surface area (Å²) in [5, 5.41) is 13.6. The highest BCUT2D eigenvalue weighted by Gasteiger charge is 2.21. The number of thioether (sulfide) groups is 1. The Hall–Kier alpha value is -0.510. The van der Waals surface area contributed by atoms with Crippen molar-refractivity contribution in [2.75, 3.05) is 7.05 Å². The van der Waals surface area contributed by atoms with Gasteiger partial charge in [-0.3, -0.25) is 0 Å². The summed E-state index contributed by atoms with van der Waals surface area (Å²) in [7, 11) is 1.99. The van der Waals surface area contributed by atoms with Crippen molar-refractivity contribution in [3.05, 3.63) is 35.9 Å². The van der Waals surface area contributed by atoms with Crippen molar-refractivity contribution in [3.63, 3.8) is 0 Å². The predicted octanol–water partition coefficient (Wildman–Crippen LogP) is 2.84. The van der Waals surface area contributed by atoms with E-state index < -0.39 is 0 Å². The molecule has 0 amide bonds. The number of nitrogens with one attached hydrogen (secondary N) is 1. The summed E-state index contributed by atoms with van der Waals surface area (Å²) < 4.78 is 0. The van der Waals surface area contributed by atoms with Crippen LogP contribution in [0.5, 0.6) is 0 Å². The first-order chi connectivity index (χ1) is 8.06. The van der Waals surface area contributed by atoms with Crippen LogP contribution in [0.15, 0.2) is 30.3 Å². The van der Waals surface area contributed by atoms with Gasteiger partial charge in [0.1, 0.15) is 0 Å². The largest absolute Gasteiger partial charge is 0.392 e. The van der Waals surface area contributed by atoms with Crippen molar-refractivity contribution in [3.8, 4) is 0 Å². The second-order valence-corrected chi connectivity index (χ2v) is 6.22. The minimum absolute atomic E-state index is 0.254. The predicted molar refractivity (Wildman–Crippen MR) is 76.4 cm³/mol. The maximum absolute atomic E-state index is 9.55. The second kappa shape index (κ2) is 7.04. The number of rotatable bonds is 6. The molecule has 0 aliphatic carbocycles. The monoisotopic (exact) mass is 253 g/mol. The van der Waals surface area contributed by atoms with Gasteiger partial charge in [-0.1, -0.05) is 44.2 Å². The zero-order chi connectivity index (χ0) is 12.8. The van der Waals surface area contributed by atoms with E-state index in [2.05, 4.69) is 43.4 Å². The molecule has 0 aromatic heterocycles. The highest BCUT2D eigenvalue weighted by Crippen LogP contribution is 2.30. The lowest BCUT2D eigenvalue weighted by Crippen LogP contribution is -2.28. The molecule has 17 heavy (non-hydrogen) atoms. The minimum atomic E-state index is -0.268. The fourth-order valence-electron chi connectivity index (χ4n) is 1.86. The normalized spacial score (nSPS) is 18.4. The third kappa shape index (κ3) is 4.34. The van der Waals surface area contributed by atoms with E-state index in [1.807, 2.05) is 31.8 Å². The first-order valence-corrected chi connectivity index (χ1v) is 7.06. The SMILES string of the molecule is CNC(c1ccccc1)C(C)SC(C)C(C)O. The number of aliphatic hydroxyl groups is 1. The van der Waals surface area contributed by atoms with Gasteiger partial charge in [-0.2, -0.15) is 11.8 Å². The van der Waals surface area contributed by atoms with E-state index in [1.54, 1.807) is 0 Å². The van der Waals surface area contributed by atoms with Crippen LogP contribution in [0.4, 0.5) is 0 Å². The van der Waals surface area contributed by atoms with Gasteiger partial charge in [0, 0.05) is 16.5 Å². The van der Waals surface area contributed by atoms with E-state index in [4.69, 9.17) is 0 Å². The lowest BCUT2D eigenvalue weighted by molar-refractivity contribution is 0.196. The molecule has 1 aromatic carbocycles. The zero-order valence-electron chi connectivity index (χ0n) is 11.1. The Morgan fingerprint density at radius 2 is 1.65 bits per heavy atom. The average Bonchev–Trinajstić information content (AvgIpc) is 2.31. The lowest BCUT2D eigenvalue weighted by Gasteiger charge is -2.27. The van der Waals surface area contributed by atoms with Crippen LogP contribution >= 0.6 is 11.8 Å². The van der Waals surface area contributed by atoms with Crippen molar-refractivity contribution in [1.29, 1.82) is 0 Å².